The van der Waals surface area contributed by atoms with Crippen LogP contribution in [0.3, 0.4) is 0 Å². The maximum atomic E-state index is 12.9. The van der Waals surface area contributed by atoms with Crippen molar-refractivity contribution in [1.82, 2.24) is 5.32 Å². The van der Waals surface area contributed by atoms with Crippen LogP contribution < -0.4 is 10.6 Å². The number of anilines is 1. The van der Waals surface area contributed by atoms with Crippen molar-refractivity contribution in [3.05, 3.63) is 30.1 Å². The van der Waals surface area contributed by atoms with Crippen molar-refractivity contribution in [3.63, 3.8) is 0 Å². The van der Waals surface area contributed by atoms with Gasteiger partial charge >= 0.3 is 0 Å². The third kappa shape index (κ3) is 5.51. The summed E-state index contributed by atoms with van der Waals surface area (Å²) in [5, 5.41) is 5.83. The van der Waals surface area contributed by atoms with E-state index >= 15 is 0 Å². The summed E-state index contributed by atoms with van der Waals surface area (Å²) in [6, 6.07) is 6.22. The van der Waals surface area contributed by atoms with E-state index in [9.17, 15) is 9.18 Å². The van der Waals surface area contributed by atoms with E-state index in [0.29, 0.717) is 11.7 Å². The summed E-state index contributed by atoms with van der Waals surface area (Å²) in [7, 11) is 0. The van der Waals surface area contributed by atoms with Gasteiger partial charge in [-0.3, -0.25) is 4.79 Å². The van der Waals surface area contributed by atoms with E-state index in [1.165, 1.54) is 12.1 Å². The number of benzene rings is 1. The van der Waals surface area contributed by atoms with Gasteiger partial charge in [-0.25, -0.2) is 4.39 Å². The third-order valence-electron chi connectivity index (χ3n) is 2.52. The first-order chi connectivity index (χ1) is 8.65. The lowest BCUT2D eigenvalue weighted by Crippen LogP contribution is -2.37. The molecular weight excluding hydrogens is 251 g/mol. The summed E-state index contributed by atoms with van der Waals surface area (Å²) in [4.78, 5) is 11.6. The molecule has 0 spiro atoms. The zero-order chi connectivity index (χ0) is 13.4. The van der Waals surface area contributed by atoms with E-state index in [4.69, 9.17) is 0 Å². The molecule has 0 bridgehead atoms. The first kappa shape index (κ1) is 15.0. The Bertz CT molecular complexity index is 387. The number of carbonyl (C=O) groups is 1. The van der Waals surface area contributed by atoms with Gasteiger partial charge in [-0.1, -0.05) is 13.0 Å². The van der Waals surface area contributed by atoms with Crippen molar-refractivity contribution >= 4 is 23.4 Å². The second kappa shape index (κ2) is 8.11. The Morgan fingerprint density at radius 2 is 2.28 bits per heavy atom. The zero-order valence-corrected chi connectivity index (χ0v) is 11.5. The van der Waals surface area contributed by atoms with Gasteiger partial charge in [0.2, 0.25) is 5.91 Å². The van der Waals surface area contributed by atoms with Gasteiger partial charge < -0.3 is 10.6 Å². The van der Waals surface area contributed by atoms with Crippen LogP contribution in [0.2, 0.25) is 0 Å². The highest BCUT2D eigenvalue weighted by Gasteiger charge is 2.08. The Morgan fingerprint density at radius 3 is 2.89 bits per heavy atom. The Hall–Kier alpha value is -1.07. The van der Waals surface area contributed by atoms with Gasteiger partial charge in [0.1, 0.15) is 5.82 Å². The molecule has 3 nitrogen and oxygen atoms in total. The lowest BCUT2D eigenvalue weighted by molar-refractivity contribution is -0.115. The molecule has 2 N–H and O–H groups in total. The molecule has 18 heavy (non-hydrogen) atoms. The summed E-state index contributed by atoms with van der Waals surface area (Å²) in [5.41, 5.74) is 0.486. The molecule has 1 aromatic rings. The van der Waals surface area contributed by atoms with Crippen LogP contribution in [0.25, 0.3) is 0 Å². The van der Waals surface area contributed by atoms with E-state index in [1.54, 1.807) is 23.9 Å². The van der Waals surface area contributed by atoms with Crippen LogP contribution >= 0.6 is 11.8 Å². The van der Waals surface area contributed by atoms with Crippen molar-refractivity contribution in [3.8, 4) is 0 Å². The number of nitrogens with one attached hydrogen (secondary N) is 2. The molecule has 0 aliphatic carbocycles. The molecule has 1 amide bonds. The lowest BCUT2D eigenvalue weighted by Gasteiger charge is -2.15. The highest BCUT2D eigenvalue weighted by Crippen LogP contribution is 2.08. The number of carbonyl (C=O) groups excluding carboxylic acids is 1. The smallest absolute Gasteiger partial charge is 0.238 e. The summed E-state index contributed by atoms with van der Waals surface area (Å²) in [5.74, 6) is 0.471. The van der Waals surface area contributed by atoms with Crippen molar-refractivity contribution in [2.24, 2.45) is 0 Å². The summed E-state index contributed by atoms with van der Waals surface area (Å²) < 4.78 is 12.9. The second-order valence-corrected chi connectivity index (χ2v) is 4.91. The minimum absolute atomic E-state index is 0.153. The molecule has 1 aromatic carbocycles. The van der Waals surface area contributed by atoms with Crippen LogP contribution in [0, 0.1) is 5.82 Å². The van der Waals surface area contributed by atoms with E-state index in [-0.39, 0.29) is 18.3 Å². The van der Waals surface area contributed by atoms with E-state index in [2.05, 4.69) is 17.6 Å². The van der Waals surface area contributed by atoms with Crippen LogP contribution in [0.4, 0.5) is 10.1 Å². The molecule has 5 heteroatoms. The van der Waals surface area contributed by atoms with Gasteiger partial charge in [-0.15, -0.1) is 0 Å². The molecule has 0 aliphatic rings. The number of halogens is 1. The van der Waals surface area contributed by atoms with Crippen LogP contribution in [-0.4, -0.2) is 30.5 Å². The van der Waals surface area contributed by atoms with Crippen LogP contribution in [-0.2, 0) is 4.79 Å². The van der Waals surface area contributed by atoms with Crippen molar-refractivity contribution < 1.29 is 9.18 Å². The molecule has 0 fully saturated rings. The largest absolute Gasteiger partial charge is 0.325 e. The molecule has 0 heterocycles. The fourth-order valence-corrected chi connectivity index (χ4v) is 2.29. The summed E-state index contributed by atoms with van der Waals surface area (Å²) in [6.45, 7) is 2.33. The van der Waals surface area contributed by atoms with E-state index < -0.39 is 0 Å². The Balaban J connectivity index is 2.37. The Morgan fingerprint density at radius 1 is 1.50 bits per heavy atom. The highest BCUT2D eigenvalue weighted by molar-refractivity contribution is 7.98. The normalized spacial score (nSPS) is 12.2. The molecule has 0 radical (unpaired) electrons. The van der Waals surface area contributed by atoms with Gasteiger partial charge in [0.05, 0.1) is 6.54 Å². The number of hydrogen-bond donors (Lipinski definition) is 2. The highest BCUT2D eigenvalue weighted by atomic mass is 32.2. The molecular formula is C13H19FN2OS. The summed E-state index contributed by atoms with van der Waals surface area (Å²) in [6.07, 6.45) is 3.02. The van der Waals surface area contributed by atoms with Gasteiger partial charge in [0.25, 0.3) is 0 Å². The minimum atomic E-state index is -0.352. The lowest BCUT2D eigenvalue weighted by atomic mass is 10.2. The third-order valence-corrected chi connectivity index (χ3v) is 3.26. The van der Waals surface area contributed by atoms with E-state index in [0.717, 1.165) is 12.2 Å². The van der Waals surface area contributed by atoms with Crippen molar-refractivity contribution in [2.45, 2.75) is 19.4 Å². The van der Waals surface area contributed by atoms with E-state index in [1.807, 2.05) is 6.26 Å². The topological polar surface area (TPSA) is 41.1 Å². The Labute approximate surface area is 112 Å². The van der Waals surface area contributed by atoms with Crippen LogP contribution in [0.1, 0.15) is 13.3 Å². The molecule has 0 saturated carbocycles. The molecule has 100 valence electrons. The number of rotatable bonds is 7. The number of amides is 1. The molecule has 1 rings (SSSR count). The first-order valence-corrected chi connectivity index (χ1v) is 7.32. The molecule has 0 saturated heterocycles. The van der Waals surface area contributed by atoms with Gasteiger partial charge in [0.15, 0.2) is 0 Å². The summed E-state index contributed by atoms with van der Waals surface area (Å²) >= 11 is 1.75. The fourth-order valence-electron chi connectivity index (χ4n) is 1.53. The molecule has 1 atom stereocenters. The van der Waals surface area contributed by atoms with Crippen LogP contribution in [0.15, 0.2) is 24.3 Å². The maximum Gasteiger partial charge on any atom is 0.238 e. The first-order valence-electron chi connectivity index (χ1n) is 5.93. The maximum absolute atomic E-state index is 12.9. The van der Waals surface area contributed by atoms with Crippen LogP contribution in [0.5, 0.6) is 0 Å². The molecule has 0 aromatic heterocycles. The average Bonchev–Trinajstić information content (AvgIpc) is 2.34. The monoisotopic (exact) mass is 270 g/mol. The Kier molecular flexibility index (Phi) is 6.75. The number of hydrogen-bond acceptors (Lipinski definition) is 3. The fraction of sp³-hybridized carbons (Fsp3) is 0.462. The number of thioether (sulfide) groups is 1. The molecule has 0 aliphatic heterocycles. The SMILES string of the molecule is CCC(CSC)NCC(=O)Nc1cccc(F)c1. The predicted octanol–water partition coefficient (Wildman–Crippen LogP) is 2.50. The predicted molar refractivity (Wildman–Crippen MR) is 75.5 cm³/mol. The van der Waals surface area contributed by atoms with Crippen molar-refractivity contribution in [2.75, 3.05) is 23.9 Å². The van der Waals surface area contributed by atoms with Crippen molar-refractivity contribution in [1.29, 1.82) is 0 Å². The second-order valence-electron chi connectivity index (χ2n) is 4.00. The standard InChI is InChI=1S/C13H19FN2OS/c1-3-11(9-18-2)15-8-13(17)16-12-6-4-5-10(14)7-12/h4-7,11,15H,3,8-9H2,1-2H3,(H,16,17). The zero-order valence-electron chi connectivity index (χ0n) is 10.7. The van der Waals surface area contributed by atoms with Gasteiger partial charge in [-0.05, 0) is 30.9 Å². The van der Waals surface area contributed by atoms with Gasteiger partial charge in [-0.2, -0.15) is 11.8 Å². The molecule has 1 unspecified atom stereocenters. The average molecular weight is 270 g/mol. The van der Waals surface area contributed by atoms with Gasteiger partial charge in [0, 0.05) is 17.5 Å². The minimum Gasteiger partial charge on any atom is -0.325 e. The quantitative estimate of drug-likeness (QED) is 0.800.